The highest BCUT2D eigenvalue weighted by Crippen LogP contribution is 2.43. The molecule has 1 atom stereocenters. The monoisotopic (exact) mass is 287 g/mol. The van der Waals surface area contributed by atoms with E-state index in [0.717, 1.165) is 0 Å². The number of para-hydroxylation sites is 1. The molecular weight excluding hydrogens is 269 g/mol. The van der Waals surface area contributed by atoms with E-state index >= 15 is 0 Å². The molecule has 1 aliphatic carbocycles. The molecule has 1 aliphatic rings. The average Bonchev–Trinajstić information content (AvgIpc) is 3.31. The summed E-state index contributed by atoms with van der Waals surface area (Å²) in [5.74, 6) is 0.489. The fourth-order valence-corrected chi connectivity index (χ4v) is 3.07. The number of nitrogens with one attached hydrogen (secondary N) is 1. The van der Waals surface area contributed by atoms with E-state index in [1.807, 2.05) is 12.1 Å². The largest absolute Gasteiger partial charge is 0.377 e. The van der Waals surface area contributed by atoms with Gasteiger partial charge in [0.25, 0.3) is 0 Å². The standard InChI is InChI=1S/C17H18FNS/c1-20-16-5-3-2-4-15(16)19-17(12-6-7-12)13-8-10-14(18)11-9-13/h2-5,8-12,17,19H,6-7H2,1H3. The molecule has 0 aromatic heterocycles. The van der Waals surface area contributed by atoms with Gasteiger partial charge in [-0.3, -0.25) is 0 Å². The van der Waals surface area contributed by atoms with E-state index in [-0.39, 0.29) is 11.9 Å². The summed E-state index contributed by atoms with van der Waals surface area (Å²) in [7, 11) is 0. The molecule has 0 amide bonds. The van der Waals surface area contributed by atoms with Crippen LogP contribution in [-0.2, 0) is 0 Å². The Morgan fingerprint density at radius 1 is 1.10 bits per heavy atom. The lowest BCUT2D eigenvalue weighted by Crippen LogP contribution is -2.13. The smallest absolute Gasteiger partial charge is 0.123 e. The SMILES string of the molecule is CSc1ccccc1NC(c1ccc(F)cc1)C1CC1. The summed E-state index contributed by atoms with van der Waals surface area (Å²) >= 11 is 1.74. The topological polar surface area (TPSA) is 12.0 Å². The van der Waals surface area contributed by atoms with Gasteiger partial charge in [0, 0.05) is 10.6 Å². The minimum Gasteiger partial charge on any atom is -0.377 e. The van der Waals surface area contributed by atoms with Gasteiger partial charge in [0.05, 0.1) is 6.04 Å². The maximum Gasteiger partial charge on any atom is 0.123 e. The van der Waals surface area contributed by atoms with E-state index in [2.05, 4.69) is 35.8 Å². The molecule has 3 heteroatoms. The first kappa shape index (κ1) is 13.5. The summed E-state index contributed by atoms with van der Waals surface area (Å²) in [5, 5.41) is 3.65. The normalized spacial score (nSPS) is 15.9. The highest BCUT2D eigenvalue weighted by atomic mass is 32.2. The van der Waals surface area contributed by atoms with E-state index in [9.17, 15) is 4.39 Å². The van der Waals surface area contributed by atoms with Gasteiger partial charge in [0.1, 0.15) is 5.82 Å². The number of benzene rings is 2. The van der Waals surface area contributed by atoms with E-state index in [4.69, 9.17) is 0 Å². The van der Waals surface area contributed by atoms with Gasteiger partial charge in [0.2, 0.25) is 0 Å². The van der Waals surface area contributed by atoms with Gasteiger partial charge in [0.15, 0.2) is 0 Å². The van der Waals surface area contributed by atoms with Crippen molar-refractivity contribution < 1.29 is 4.39 Å². The van der Waals surface area contributed by atoms with Crippen LogP contribution in [0.2, 0.25) is 0 Å². The first-order valence-electron chi connectivity index (χ1n) is 6.93. The van der Waals surface area contributed by atoms with Crippen molar-refractivity contribution in [1.82, 2.24) is 0 Å². The Kier molecular flexibility index (Phi) is 3.97. The van der Waals surface area contributed by atoms with E-state index in [1.54, 1.807) is 23.9 Å². The van der Waals surface area contributed by atoms with Crippen LogP contribution in [0.25, 0.3) is 0 Å². The predicted molar refractivity (Wildman–Crippen MR) is 83.7 cm³/mol. The maximum atomic E-state index is 13.1. The molecule has 1 unspecified atom stereocenters. The first-order valence-corrected chi connectivity index (χ1v) is 8.15. The molecular formula is C17H18FNS. The fraction of sp³-hybridized carbons (Fsp3) is 0.294. The second kappa shape index (κ2) is 5.88. The number of hydrogen-bond acceptors (Lipinski definition) is 2. The molecule has 0 bridgehead atoms. The molecule has 20 heavy (non-hydrogen) atoms. The molecule has 1 saturated carbocycles. The number of rotatable bonds is 5. The Bertz CT molecular complexity index is 578. The van der Waals surface area contributed by atoms with Gasteiger partial charge in [-0.15, -0.1) is 11.8 Å². The molecule has 1 N–H and O–H groups in total. The number of halogens is 1. The molecule has 2 aromatic carbocycles. The lowest BCUT2D eigenvalue weighted by atomic mass is 10.0. The van der Waals surface area contributed by atoms with Crippen LogP contribution in [0.15, 0.2) is 53.4 Å². The summed E-state index contributed by atoms with van der Waals surface area (Å²) in [6.07, 6.45) is 4.58. The maximum absolute atomic E-state index is 13.1. The molecule has 0 heterocycles. The van der Waals surface area contributed by atoms with Gasteiger partial charge in [-0.2, -0.15) is 0 Å². The predicted octanol–water partition coefficient (Wildman–Crippen LogP) is 5.11. The molecule has 0 spiro atoms. The Balaban J connectivity index is 1.86. The first-order chi connectivity index (χ1) is 9.78. The van der Waals surface area contributed by atoms with Gasteiger partial charge in [-0.25, -0.2) is 4.39 Å². The van der Waals surface area contributed by atoms with Crippen molar-refractivity contribution in [1.29, 1.82) is 0 Å². The lowest BCUT2D eigenvalue weighted by Gasteiger charge is -2.21. The number of anilines is 1. The lowest BCUT2D eigenvalue weighted by molar-refractivity contribution is 0.622. The Morgan fingerprint density at radius 2 is 1.80 bits per heavy atom. The van der Waals surface area contributed by atoms with Crippen LogP contribution < -0.4 is 5.32 Å². The molecule has 3 rings (SSSR count). The molecule has 1 nitrogen and oxygen atoms in total. The molecule has 0 aliphatic heterocycles. The van der Waals surface area contributed by atoms with Gasteiger partial charge < -0.3 is 5.32 Å². The van der Waals surface area contributed by atoms with Crippen LogP contribution in [0.5, 0.6) is 0 Å². The quantitative estimate of drug-likeness (QED) is 0.767. The fourth-order valence-electron chi connectivity index (χ4n) is 2.50. The molecule has 0 saturated heterocycles. The third kappa shape index (κ3) is 2.98. The number of hydrogen-bond donors (Lipinski definition) is 1. The summed E-state index contributed by atoms with van der Waals surface area (Å²) in [4.78, 5) is 1.25. The van der Waals surface area contributed by atoms with Crippen molar-refractivity contribution in [3.63, 3.8) is 0 Å². The zero-order valence-corrected chi connectivity index (χ0v) is 12.3. The molecule has 104 valence electrons. The highest BCUT2D eigenvalue weighted by Gasteiger charge is 2.32. The highest BCUT2D eigenvalue weighted by molar-refractivity contribution is 7.98. The average molecular weight is 287 g/mol. The van der Waals surface area contributed by atoms with Gasteiger partial charge >= 0.3 is 0 Å². The van der Waals surface area contributed by atoms with Crippen LogP contribution in [0, 0.1) is 11.7 Å². The Hall–Kier alpha value is -1.48. The third-order valence-corrected chi connectivity index (χ3v) is 4.54. The summed E-state index contributed by atoms with van der Waals surface area (Å²) in [5.41, 5.74) is 2.34. The van der Waals surface area contributed by atoms with E-state index < -0.39 is 0 Å². The van der Waals surface area contributed by atoms with Crippen LogP contribution in [0.1, 0.15) is 24.4 Å². The Labute approximate surface area is 123 Å². The summed E-state index contributed by atoms with van der Waals surface area (Å²) in [6, 6.07) is 15.5. The molecule has 2 aromatic rings. The van der Waals surface area contributed by atoms with Crippen LogP contribution in [0.4, 0.5) is 10.1 Å². The zero-order valence-electron chi connectivity index (χ0n) is 11.5. The third-order valence-electron chi connectivity index (χ3n) is 3.74. The molecule has 1 fully saturated rings. The number of thioether (sulfide) groups is 1. The van der Waals surface area contributed by atoms with E-state index in [1.165, 1.54) is 29.0 Å². The minimum absolute atomic E-state index is 0.173. The van der Waals surface area contributed by atoms with Crippen molar-refractivity contribution >= 4 is 17.4 Å². The van der Waals surface area contributed by atoms with Crippen molar-refractivity contribution in [3.05, 3.63) is 59.9 Å². The molecule has 0 radical (unpaired) electrons. The zero-order chi connectivity index (χ0) is 13.9. The van der Waals surface area contributed by atoms with Crippen LogP contribution in [-0.4, -0.2) is 6.26 Å². The van der Waals surface area contributed by atoms with Crippen LogP contribution in [0.3, 0.4) is 0 Å². The minimum atomic E-state index is -0.173. The van der Waals surface area contributed by atoms with Crippen LogP contribution >= 0.6 is 11.8 Å². The Morgan fingerprint density at radius 3 is 2.45 bits per heavy atom. The van der Waals surface area contributed by atoms with Crippen molar-refractivity contribution in [3.8, 4) is 0 Å². The second-order valence-corrected chi connectivity index (χ2v) is 6.06. The van der Waals surface area contributed by atoms with Crippen molar-refractivity contribution in [2.45, 2.75) is 23.8 Å². The van der Waals surface area contributed by atoms with Gasteiger partial charge in [-0.1, -0.05) is 24.3 Å². The van der Waals surface area contributed by atoms with Crippen molar-refractivity contribution in [2.24, 2.45) is 5.92 Å². The van der Waals surface area contributed by atoms with Crippen molar-refractivity contribution in [2.75, 3.05) is 11.6 Å². The van der Waals surface area contributed by atoms with Gasteiger partial charge in [-0.05, 0) is 54.8 Å². The van der Waals surface area contributed by atoms with E-state index in [0.29, 0.717) is 5.92 Å². The summed E-state index contributed by atoms with van der Waals surface area (Å²) < 4.78 is 13.1. The summed E-state index contributed by atoms with van der Waals surface area (Å²) in [6.45, 7) is 0. The second-order valence-electron chi connectivity index (χ2n) is 5.21.